The van der Waals surface area contributed by atoms with E-state index in [1.54, 1.807) is 11.3 Å². The normalized spacial score (nSPS) is 19.3. The second kappa shape index (κ2) is 5.07. The molecule has 94 valence electrons. The molecule has 1 atom stereocenters. The number of halogens is 1. The highest BCUT2D eigenvalue weighted by Gasteiger charge is 2.20. The number of thiophene rings is 1. The third-order valence-corrected chi connectivity index (χ3v) is 4.72. The molecule has 3 nitrogen and oxygen atoms in total. The van der Waals surface area contributed by atoms with Gasteiger partial charge < -0.3 is 5.32 Å². The van der Waals surface area contributed by atoms with Crippen molar-refractivity contribution in [2.75, 3.05) is 6.54 Å². The van der Waals surface area contributed by atoms with E-state index in [0.717, 1.165) is 34.0 Å². The average molecular weight is 324 g/mol. The Morgan fingerprint density at radius 1 is 1.39 bits per heavy atom. The second-order valence-corrected chi connectivity index (χ2v) is 6.97. The van der Waals surface area contributed by atoms with Crippen molar-refractivity contribution in [2.24, 2.45) is 0 Å². The summed E-state index contributed by atoms with van der Waals surface area (Å²) in [4.78, 5) is 10.5. The topological polar surface area (TPSA) is 37.8 Å². The van der Waals surface area contributed by atoms with Crippen LogP contribution in [-0.2, 0) is 0 Å². The molecule has 1 aliphatic heterocycles. The summed E-state index contributed by atoms with van der Waals surface area (Å²) in [5.41, 5.74) is 2.06. The van der Waals surface area contributed by atoms with Crippen LogP contribution in [-0.4, -0.2) is 16.5 Å². The summed E-state index contributed by atoms with van der Waals surface area (Å²) in [6, 6.07) is 6.54. The van der Waals surface area contributed by atoms with Crippen molar-refractivity contribution in [2.45, 2.75) is 25.8 Å². The summed E-state index contributed by atoms with van der Waals surface area (Å²) in [5, 5.41) is 3.45. The lowest BCUT2D eigenvalue weighted by molar-refractivity contribution is 0.603. The van der Waals surface area contributed by atoms with Crippen LogP contribution in [0, 0.1) is 6.92 Å². The molecule has 2 aromatic rings. The molecular formula is C13H14BrN3S. The Morgan fingerprint density at radius 3 is 2.94 bits per heavy atom. The Balaban J connectivity index is 1.99. The molecule has 0 aromatic carbocycles. The van der Waals surface area contributed by atoms with Gasteiger partial charge in [-0.25, -0.2) is 9.97 Å². The van der Waals surface area contributed by atoms with Crippen molar-refractivity contribution < 1.29 is 0 Å². The van der Waals surface area contributed by atoms with Gasteiger partial charge in [0.05, 0.1) is 20.4 Å². The van der Waals surface area contributed by atoms with Crippen LogP contribution in [0.4, 0.5) is 0 Å². The van der Waals surface area contributed by atoms with Crippen molar-refractivity contribution in [3.8, 4) is 10.6 Å². The Kier molecular flexibility index (Phi) is 3.46. The number of rotatable bonds is 2. The predicted molar refractivity (Wildman–Crippen MR) is 77.8 cm³/mol. The van der Waals surface area contributed by atoms with Gasteiger partial charge in [0.1, 0.15) is 5.82 Å². The minimum absolute atomic E-state index is 0.326. The second-order valence-electron chi connectivity index (χ2n) is 4.51. The van der Waals surface area contributed by atoms with Crippen molar-refractivity contribution >= 4 is 27.3 Å². The van der Waals surface area contributed by atoms with E-state index in [-0.39, 0.29) is 0 Å². The van der Waals surface area contributed by atoms with Crippen LogP contribution in [0.15, 0.2) is 22.0 Å². The van der Waals surface area contributed by atoms with E-state index in [9.17, 15) is 0 Å². The zero-order valence-corrected chi connectivity index (χ0v) is 12.5. The van der Waals surface area contributed by atoms with E-state index in [4.69, 9.17) is 4.98 Å². The lowest BCUT2D eigenvalue weighted by Gasteiger charge is -2.10. The lowest BCUT2D eigenvalue weighted by Crippen LogP contribution is -2.16. The molecule has 1 unspecified atom stereocenters. The van der Waals surface area contributed by atoms with Crippen molar-refractivity contribution in [3.05, 3.63) is 33.5 Å². The minimum atomic E-state index is 0.326. The van der Waals surface area contributed by atoms with Gasteiger partial charge in [0.2, 0.25) is 0 Å². The van der Waals surface area contributed by atoms with Gasteiger partial charge in [0, 0.05) is 5.69 Å². The van der Waals surface area contributed by atoms with Gasteiger partial charge in [-0.2, -0.15) is 0 Å². The lowest BCUT2D eigenvalue weighted by atomic mass is 10.2. The average Bonchev–Trinajstić information content (AvgIpc) is 2.98. The van der Waals surface area contributed by atoms with E-state index in [0.29, 0.717) is 6.04 Å². The van der Waals surface area contributed by atoms with Gasteiger partial charge in [0.25, 0.3) is 0 Å². The molecule has 1 N–H and O–H groups in total. The van der Waals surface area contributed by atoms with E-state index < -0.39 is 0 Å². The zero-order chi connectivity index (χ0) is 12.5. The SMILES string of the molecule is Cc1cc(-c2ccc(Br)s2)nc(C2CCCN2)n1. The molecule has 1 saturated heterocycles. The van der Waals surface area contributed by atoms with Crippen LogP contribution in [0.2, 0.25) is 0 Å². The van der Waals surface area contributed by atoms with Crippen LogP contribution in [0.1, 0.15) is 30.4 Å². The number of nitrogens with one attached hydrogen (secondary N) is 1. The van der Waals surface area contributed by atoms with Gasteiger partial charge in [-0.3, -0.25) is 0 Å². The van der Waals surface area contributed by atoms with Gasteiger partial charge in [-0.15, -0.1) is 11.3 Å². The molecule has 3 heterocycles. The zero-order valence-electron chi connectivity index (χ0n) is 10.1. The summed E-state index contributed by atoms with van der Waals surface area (Å²) in [6.45, 7) is 3.11. The van der Waals surface area contributed by atoms with Crippen LogP contribution in [0.25, 0.3) is 10.6 Å². The summed E-state index contributed by atoms with van der Waals surface area (Å²) in [6.07, 6.45) is 2.35. The summed E-state index contributed by atoms with van der Waals surface area (Å²) >= 11 is 5.20. The van der Waals surface area contributed by atoms with Crippen molar-refractivity contribution in [1.29, 1.82) is 0 Å². The van der Waals surface area contributed by atoms with Crippen molar-refractivity contribution in [3.63, 3.8) is 0 Å². The molecule has 3 rings (SSSR count). The Hall–Kier alpha value is -0.780. The Labute approximate surface area is 119 Å². The maximum absolute atomic E-state index is 4.72. The number of hydrogen-bond donors (Lipinski definition) is 1. The summed E-state index contributed by atoms with van der Waals surface area (Å²) in [7, 11) is 0. The monoisotopic (exact) mass is 323 g/mol. The fourth-order valence-corrected chi connectivity index (χ4v) is 3.58. The maximum Gasteiger partial charge on any atom is 0.146 e. The fraction of sp³-hybridized carbons (Fsp3) is 0.385. The largest absolute Gasteiger partial charge is 0.307 e. The molecule has 0 aliphatic carbocycles. The highest BCUT2D eigenvalue weighted by atomic mass is 79.9. The third kappa shape index (κ3) is 2.48. The van der Waals surface area contributed by atoms with Gasteiger partial charge in [-0.05, 0) is 60.4 Å². The van der Waals surface area contributed by atoms with E-state index in [2.05, 4.69) is 44.4 Å². The maximum atomic E-state index is 4.72. The van der Waals surface area contributed by atoms with E-state index in [1.807, 2.05) is 6.92 Å². The first-order valence-corrected chi connectivity index (χ1v) is 7.68. The molecule has 0 amide bonds. The first-order chi connectivity index (χ1) is 8.72. The Bertz CT molecular complexity index is 561. The molecule has 0 radical (unpaired) electrons. The molecular weight excluding hydrogens is 310 g/mol. The van der Waals surface area contributed by atoms with Crippen LogP contribution in [0.3, 0.4) is 0 Å². The minimum Gasteiger partial charge on any atom is -0.307 e. The predicted octanol–water partition coefficient (Wildman–Crippen LogP) is 3.70. The molecule has 1 fully saturated rings. The molecule has 2 aromatic heterocycles. The standard InChI is InChI=1S/C13H14BrN3S/c1-8-7-10(11-4-5-12(14)18-11)17-13(16-8)9-3-2-6-15-9/h4-5,7,9,15H,2-3,6H2,1H3. The molecule has 0 bridgehead atoms. The number of aryl methyl sites for hydroxylation is 1. The summed E-state index contributed by atoms with van der Waals surface area (Å²) < 4.78 is 1.13. The molecule has 0 spiro atoms. The number of nitrogens with zero attached hydrogens (tertiary/aromatic N) is 2. The van der Waals surface area contributed by atoms with Crippen LogP contribution < -0.4 is 5.32 Å². The Morgan fingerprint density at radius 2 is 2.28 bits per heavy atom. The van der Waals surface area contributed by atoms with Crippen molar-refractivity contribution in [1.82, 2.24) is 15.3 Å². The van der Waals surface area contributed by atoms with E-state index in [1.165, 1.54) is 11.3 Å². The summed E-state index contributed by atoms with van der Waals surface area (Å²) in [5.74, 6) is 0.937. The highest BCUT2D eigenvalue weighted by Crippen LogP contribution is 2.31. The molecule has 18 heavy (non-hydrogen) atoms. The first-order valence-electron chi connectivity index (χ1n) is 6.07. The van der Waals surface area contributed by atoms with E-state index >= 15 is 0 Å². The van der Waals surface area contributed by atoms with Crippen LogP contribution in [0.5, 0.6) is 0 Å². The molecule has 5 heteroatoms. The van der Waals surface area contributed by atoms with Gasteiger partial charge in [0.15, 0.2) is 0 Å². The van der Waals surface area contributed by atoms with Gasteiger partial charge >= 0.3 is 0 Å². The third-order valence-electron chi connectivity index (χ3n) is 3.07. The number of aromatic nitrogens is 2. The first kappa shape index (κ1) is 12.3. The molecule has 1 aliphatic rings. The van der Waals surface area contributed by atoms with Gasteiger partial charge in [-0.1, -0.05) is 0 Å². The fourth-order valence-electron chi connectivity index (χ4n) is 2.23. The number of hydrogen-bond acceptors (Lipinski definition) is 4. The molecule has 0 saturated carbocycles. The quantitative estimate of drug-likeness (QED) is 0.915. The highest BCUT2D eigenvalue weighted by molar-refractivity contribution is 9.11. The van der Waals surface area contributed by atoms with Crippen LogP contribution >= 0.6 is 27.3 Å². The smallest absolute Gasteiger partial charge is 0.146 e.